The zero-order chi connectivity index (χ0) is 39.3. The predicted molar refractivity (Wildman–Crippen MR) is 184 cm³/mol. The normalized spacial score (nSPS) is 27.0. The van der Waals surface area contributed by atoms with Gasteiger partial charge in [-0.3, -0.25) is 28.8 Å². The van der Waals surface area contributed by atoms with Gasteiger partial charge in [-0.1, -0.05) is 25.7 Å². The molecule has 6 heterocycles. The van der Waals surface area contributed by atoms with Gasteiger partial charge in [0, 0.05) is 12.8 Å². The van der Waals surface area contributed by atoms with Crippen molar-refractivity contribution in [3.8, 4) is 0 Å². The molecule has 6 aliphatic heterocycles. The molecular formula is C38H54O18. The van der Waals surface area contributed by atoms with E-state index in [4.69, 9.17) is 56.8 Å². The van der Waals surface area contributed by atoms with Crippen molar-refractivity contribution in [1.82, 2.24) is 0 Å². The molecule has 0 aromatic heterocycles. The summed E-state index contributed by atoms with van der Waals surface area (Å²) in [5, 5.41) is 0. The Morgan fingerprint density at radius 3 is 0.929 bits per heavy atom. The quantitative estimate of drug-likeness (QED) is 0.0412. The number of esters is 6. The zero-order valence-corrected chi connectivity index (χ0v) is 31.7. The van der Waals surface area contributed by atoms with E-state index >= 15 is 0 Å². The van der Waals surface area contributed by atoms with Crippen LogP contribution < -0.4 is 0 Å². The molecule has 0 spiro atoms. The molecule has 0 amide bonds. The van der Waals surface area contributed by atoms with Gasteiger partial charge in [-0.05, 0) is 25.7 Å². The van der Waals surface area contributed by atoms with Gasteiger partial charge in [0.15, 0.2) is 0 Å². The van der Waals surface area contributed by atoms with Crippen molar-refractivity contribution >= 4 is 35.8 Å². The monoisotopic (exact) mass is 798 g/mol. The highest BCUT2D eigenvalue weighted by Gasteiger charge is 2.51. The van der Waals surface area contributed by atoms with Gasteiger partial charge in [-0.2, -0.15) is 0 Å². The Morgan fingerprint density at radius 1 is 0.375 bits per heavy atom. The Bertz CT molecular complexity index is 1230. The number of hydrogen-bond donors (Lipinski definition) is 0. The van der Waals surface area contributed by atoms with Gasteiger partial charge in [0.1, 0.15) is 76.3 Å². The van der Waals surface area contributed by atoms with Crippen molar-refractivity contribution in [2.24, 2.45) is 23.7 Å². The van der Waals surface area contributed by atoms with Crippen LogP contribution in [-0.2, 0) is 85.6 Å². The lowest BCUT2D eigenvalue weighted by Crippen LogP contribution is -2.47. The number of ether oxygens (including phenoxy) is 12. The average molecular weight is 799 g/mol. The minimum absolute atomic E-state index is 0.0502. The lowest BCUT2D eigenvalue weighted by atomic mass is 9.71. The second-order valence-electron chi connectivity index (χ2n) is 15.1. The highest BCUT2D eigenvalue weighted by Crippen LogP contribution is 2.38. The molecule has 0 saturated carbocycles. The first-order chi connectivity index (χ1) is 27.2. The molecule has 6 saturated heterocycles. The maximum absolute atomic E-state index is 14.3. The number of rotatable bonds is 31. The molecule has 6 aliphatic rings. The molecule has 314 valence electrons. The number of carbonyl (C=O) groups is 6. The maximum Gasteiger partial charge on any atom is 0.310 e. The topological polar surface area (TPSA) is 233 Å². The van der Waals surface area contributed by atoms with E-state index in [-0.39, 0.29) is 114 Å². The van der Waals surface area contributed by atoms with Crippen molar-refractivity contribution in [3.63, 3.8) is 0 Å². The minimum Gasteiger partial charge on any atom is -0.463 e. The standard InChI is InChI=1S/C38H54O18/c39-31(51-17-23-11-45-23)9-5-1-3-7-29(35(41)53-19-25-13-47-25)33(37(43)55-21-27-15-49-27)34(38(44)56-22-28-16-50-28)30(36(42)54-20-26-14-48-26)8-4-2-6-10-32(40)52-18-24-12-46-24/h23-30,33-34H,1-22H2. The fourth-order valence-corrected chi connectivity index (χ4v) is 6.24. The third kappa shape index (κ3) is 15.8. The molecule has 10 unspecified atom stereocenters. The van der Waals surface area contributed by atoms with E-state index in [1.54, 1.807) is 0 Å². The molecule has 18 heteroatoms. The molecule has 0 bridgehead atoms. The summed E-state index contributed by atoms with van der Waals surface area (Å²) in [6.45, 7) is 2.80. The van der Waals surface area contributed by atoms with Crippen molar-refractivity contribution in [3.05, 3.63) is 0 Å². The summed E-state index contributed by atoms with van der Waals surface area (Å²) in [6, 6.07) is 0. The fourth-order valence-electron chi connectivity index (χ4n) is 6.24. The molecule has 0 N–H and O–H groups in total. The lowest BCUT2D eigenvalue weighted by Gasteiger charge is -2.33. The Balaban J connectivity index is 1.19. The van der Waals surface area contributed by atoms with Crippen LogP contribution in [0.4, 0.5) is 0 Å². The summed E-state index contributed by atoms with van der Waals surface area (Å²) in [6.07, 6.45) is 1.70. The van der Waals surface area contributed by atoms with Gasteiger partial charge < -0.3 is 56.8 Å². The highest BCUT2D eigenvalue weighted by molar-refractivity contribution is 5.90. The molecule has 0 radical (unpaired) electrons. The van der Waals surface area contributed by atoms with Crippen LogP contribution in [0.2, 0.25) is 0 Å². The van der Waals surface area contributed by atoms with Crippen molar-refractivity contribution < 1.29 is 85.6 Å². The molecule has 0 aliphatic carbocycles. The predicted octanol–water partition coefficient (Wildman–Crippen LogP) is 1.00. The van der Waals surface area contributed by atoms with Gasteiger partial charge in [0.2, 0.25) is 0 Å². The van der Waals surface area contributed by atoms with E-state index in [0.717, 1.165) is 0 Å². The summed E-state index contributed by atoms with van der Waals surface area (Å²) in [5.74, 6) is -9.55. The first-order valence-corrected chi connectivity index (χ1v) is 19.9. The van der Waals surface area contributed by atoms with Crippen LogP contribution in [0.25, 0.3) is 0 Å². The number of carbonyl (C=O) groups excluding carboxylic acids is 6. The van der Waals surface area contributed by atoms with Crippen molar-refractivity contribution in [1.29, 1.82) is 0 Å². The third-order valence-corrected chi connectivity index (χ3v) is 10.1. The van der Waals surface area contributed by atoms with E-state index < -0.39 is 47.5 Å². The van der Waals surface area contributed by atoms with Crippen molar-refractivity contribution in [2.75, 3.05) is 79.3 Å². The van der Waals surface area contributed by atoms with E-state index in [1.807, 2.05) is 0 Å². The van der Waals surface area contributed by atoms with Crippen LogP contribution in [0.15, 0.2) is 0 Å². The Labute approximate surface area is 325 Å². The van der Waals surface area contributed by atoms with Crippen LogP contribution in [0.3, 0.4) is 0 Å². The molecule has 0 aromatic carbocycles. The summed E-state index contributed by atoms with van der Waals surface area (Å²) >= 11 is 0. The molecule has 10 atom stereocenters. The first-order valence-electron chi connectivity index (χ1n) is 19.9. The molecule has 6 fully saturated rings. The highest BCUT2D eigenvalue weighted by atomic mass is 16.6. The number of epoxide rings is 6. The summed E-state index contributed by atoms with van der Waals surface area (Å²) < 4.78 is 64.3. The Morgan fingerprint density at radius 2 is 0.643 bits per heavy atom. The average Bonchev–Trinajstić information content (AvgIpc) is 3.97. The number of hydrogen-bond acceptors (Lipinski definition) is 18. The van der Waals surface area contributed by atoms with E-state index in [9.17, 15) is 28.8 Å². The Kier molecular flexibility index (Phi) is 16.1. The lowest BCUT2D eigenvalue weighted by molar-refractivity contribution is -0.177. The summed E-state index contributed by atoms with van der Waals surface area (Å²) in [4.78, 5) is 81.1. The van der Waals surface area contributed by atoms with Gasteiger partial charge in [0.25, 0.3) is 0 Å². The fraction of sp³-hybridized carbons (Fsp3) is 0.842. The van der Waals surface area contributed by atoms with Crippen LogP contribution in [0, 0.1) is 23.7 Å². The van der Waals surface area contributed by atoms with Gasteiger partial charge in [-0.25, -0.2) is 0 Å². The van der Waals surface area contributed by atoms with Crippen LogP contribution in [0.1, 0.15) is 64.2 Å². The maximum atomic E-state index is 14.3. The second-order valence-corrected chi connectivity index (χ2v) is 15.1. The zero-order valence-electron chi connectivity index (χ0n) is 31.7. The summed E-state index contributed by atoms with van der Waals surface area (Å²) in [5.41, 5.74) is 0. The van der Waals surface area contributed by atoms with Gasteiger partial charge in [-0.15, -0.1) is 0 Å². The molecule has 18 nitrogen and oxygen atoms in total. The first kappa shape index (κ1) is 42.2. The van der Waals surface area contributed by atoms with E-state index in [1.165, 1.54) is 0 Å². The smallest absolute Gasteiger partial charge is 0.310 e. The van der Waals surface area contributed by atoms with Gasteiger partial charge in [0.05, 0.1) is 63.3 Å². The van der Waals surface area contributed by atoms with Crippen LogP contribution in [-0.4, -0.2) is 152 Å². The van der Waals surface area contributed by atoms with Crippen LogP contribution >= 0.6 is 0 Å². The van der Waals surface area contributed by atoms with Crippen molar-refractivity contribution in [2.45, 2.75) is 101 Å². The van der Waals surface area contributed by atoms with Crippen LogP contribution in [0.5, 0.6) is 0 Å². The third-order valence-electron chi connectivity index (χ3n) is 10.1. The van der Waals surface area contributed by atoms with E-state index in [2.05, 4.69) is 0 Å². The Hall–Kier alpha value is -3.42. The molecule has 0 aromatic rings. The molecule has 56 heavy (non-hydrogen) atoms. The molecule has 6 rings (SSSR count). The van der Waals surface area contributed by atoms with E-state index in [0.29, 0.717) is 78.2 Å². The minimum atomic E-state index is -1.52. The SMILES string of the molecule is O=C(CCCCCC(C(=O)OCC1CO1)C(C(=O)OCC1CO1)C(C(=O)OCC1CO1)C(CCCCCC(=O)OCC1CO1)C(=O)OCC1CO1)OCC1CO1. The number of unbranched alkanes of at least 4 members (excludes halogenated alkanes) is 4. The van der Waals surface area contributed by atoms with Gasteiger partial charge >= 0.3 is 35.8 Å². The molecular weight excluding hydrogens is 744 g/mol. The summed E-state index contributed by atoms with van der Waals surface area (Å²) in [7, 11) is 0. The second kappa shape index (κ2) is 21.4. The largest absolute Gasteiger partial charge is 0.463 e.